The quantitative estimate of drug-likeness (QED) is 0.528. The fourth-order valence-corrected chi connectivity index (χ4v) is 5.94. The second-order valence-corrected chi connectivity index (χ2v) is 11.0. The molecule has 1 atom stereocenters. The number of nitrogens with zero attached hydrogens (tertiary/aromatic N) is 3. The molecule has 40 heavy (non-hydrogen) atoms. The van der Waals surface area contributed by atoms with Crippen LogP contribution in [0.2, 0.25) is 0 Å². The number of rotatable bonds is 5. The molecule has 2 saturated heterocycles. The molecule has 0 aromatic heterocycles. The predicted octanol–water partition coefficient (Wildman–Crippen LogP) is 3.04. The number of carbonyl (C=O) groups excluding carboxylic acids is 3. The number of hydrogen-bond acceptors (Lipinski definition) is 6. The summed E-state index contributed by atoms with van der Waals surface area (Å²) in [5, 5.41) is 16.5. The molecule has 0 unspecified atom stereocenters. The van der Waals surface area contributed by atoms with E-state index in [-0.39, 0.29) is 30.2 Å². The van der Waals surface area contributed by atoms with Crippen LogP contribution in [0.25, 0.3) is 0 Å². The number of phenols is 1. The average Bonchev–Trinajstić information content (AvgIpc) is 3.13. The zero-order valence-electron chi connectivity index (χ0n) is 23.3. The molecule has 3 heterocycles. The van der Waals surface area contributed by atoms with E-state index >= 15 is 0 Å². The van der Waals surface area contributed by atoms with Crippen molar-refractivity contribution in [2.24, 2.45) is 0 Å². The number of anilines is 1. The maximum Gasteiger partial charge on any atom is 0.410 e. The topological polar surface area (TPSA) is 114 Å². The van der Waals surface area contributed by atoms with Crippen LogP contribution in [0.1, 0.15) is 35.1 Å². The van der Waals surface area contributed by atoms with Gasteiger partial charge in [0.05, 0.1) is 0 Å². The number of phenolic OH excluding ortho intramolecular Hbond substituents is 1. The van der Waals surface area contributed by atoms with Gasteiger partial charge in [0.25, 0.3) is 5.91 Å². The largest absolute Gasteiger partial charge is 0.507 e. The lowest BCUT2D eigenvalue weighted by molar-refractivity contribution is -0.141. The Bertz CT molecular complexity index is 1230. The van der Waals surface area contributed by atoms with Gasteiger partial charge in [-0.05, 0) is 61.4 Å². The predicted molar refractivity (Wildman–Crippen MR) is 151 cm³/mol. The Morgan fingerprint density at radius 3 is 2.38 bits per heavy atom. The number of ether oxygens (including phenoxy) is 1. The summed E-state index contributed by atoms with van der Waals surface area (Å²) in [6.07, 6.45) is 0.843. The van der Waals surface area contributed by atoms with Crippen LogP contribution in [0.5, 0.6) is 5.75 Å². The lowest BCUT2D eigenvalue weighted by Crippen LogP contribution is -2.53. The number of para-hydroxylation sites is 1. The Kier molecular flexibility index (Phi) is 8.44. The first kappa shape index (κ1) is 27.8. The minimum absolute atomic E-state index is 0.0274. The summed E-state index contributed by atoms with van der Waals surface area (Å²) >= 11 is 0. The van der Waals surface area contributed by atoms with Crippen molar-refractivity contribution >= 4 is 23.7 Å². The van der Waals surface area contributed by atoms with Crippen molar-refractivity contribution in [3.63, 3.8) is 0 Å². The van der Waals surface area contributed by atoms with E-state index in [0.717, 1.165) is 34.4 Å². The van der Waals surface area contributed by atoms with Crippen molar-refractivity contribution in [3.05, 3.63) is 58.7 Å². The number of aryl methyl sites for hydroxylation is 2. The first-order chi connectivity index (χ1) is 19.3. The van der Waals surface area contributed by atoms with Crippen molar-refractivity contribution in [2.45, 2.75) is 51.7 Å². The van der Waals surface area contributed by atoms with Crippen molar-refractivity contribution in [2.75, 3.05) is 51.1 Å². The summed E-state index contributed by atoms with van der Waals surface area (Å²) in [6.45, 7) is 7.69. The van der Waals surface area contributed by atoms with E-state index in [1.54, 1.807) is 9.80 Å². The van der Waals surface area contributed by atoms with E-state index in [0.29, 0.717) is 58.7 Å². The first-order valence-electron chi connectivity index (χ1n) is 14.2. The third kappa shape index (κ3) is 6.17. The van der Waals surface area contributed by atoms with Crippen molar-refractivity contribution in [1.29, 1.82) is 0 Å². The molecule has 2 fully saturated rings. The second-order valence-electron chi connectivity index (χ2n) is 11.0. The van der Waals surface area contributed by atoms with Crippen LogP contribution in [0.4, 0.5) is 15.3 Å². The molecule has 0 radical (unpaired) electrons. The number of urea groups is 1. The molecule has 10 nitrogen and oxygen atoms in total. The van der Waals surface area contributed by atoms with E-state index in [2.05, 4.69) is 10.6 Å². The van der Waals surface area contributed by atoms with Gasteiger partial charge in [-0.2, -0.15) is 0 Å². The Labute approximate surface area is 235 Å². The number of fused-ring (bicyclic) bond motifs is 1. The zero-order valence-corrected chi connectivity index (χ0v) is 23.3. The summed E-state index contributed by atoms with van der Waals surface area (Å²) in [6, 6.07) is 11.5. The van der Waals surface area contributed by atoms with E-state index < -0.39 is 12.2 Å². The summed E-state index contributed by atoms with van der Waals surface area (Å²) in [7, 11) is 0. The monoisotopic (exact) mass is 549 g/mol. The fraction of sp³-hybridized carbons (Fsp3) is 0.500. The van der Waals surface area contributed by atoms with Gasteiger partial charge in [-0.1, -0.05) is 30.3 Å². The van der Waals surface area contributed by atoms with Gasteiger partial charge in [0, 0.05) is 64.0 Å². The van der Waals surface area contributed by atoms with E-state index in [1.165, 1.54) is 0 Å². The van der Waals surface area contributed by atoms with Crippen LogP contribution in [-0.4, -0.2) is 95.8 Å². The number of piperidine rings is 1. The molecule has 3 aliphatic rings. The smallest absolute Gasteiger partial charge is 0.410 e. The molecule has 0 saturated carbocycles. The molecule has 2 aromatic rings. The summed E-state index contributed by atoms with van der Waals surface area (Å²) in [5.41, 5.74) is 4.25. The third-order valence-corrected chi connectivity index (χ3v) is 8.22. The van der Waals surface area contributed by atoms with Crippen LogP contribution < -0.4 is 10.6 Å². The Balaban J connectivity index is 1.22. The van der Waals surface area contributed by atoms with Gasteiger partial charge in [-0.25, -0.2) is 9.59 Å². The molecule has 5 rings (SSSR count). The molecule has 3 N–H and O–H groups in total. The molecular weight excluding hydrogens is 510 g/mol. The van der Waals surface area contributed by atoms with Crippen molar-refractivity contribution in [3.8, 4) is 5.75 Å². The third-order valence-electron chi connectivity index (χ3n) is 8.22. The summed E-state index contributed by atoms with van der Waals surface area (Å²) < 4.78 is 5.90. The van der Waals surface area contributed by atoms with Crippen LogP contribution >= 0.6 is 0 Å². The van der Waals surface area contributed by atoms with Gasteiger partial charge in [0.1, 0.15) is 5.75 Å². The maximum absolute atomic E-state index is 13.5. The number of carbonyl (C=O) groups is 3. The van der Waals surface area contributed by atoms with Crippen molar-refractivity contribution in [1.82, 2.24) is 20.0 Å². The molecule has 4 amide bonds. The van der Waals surface area contributed by atoms with Crippen molar-refractivity contribution < 1.29 is 24.2 Å². The Hall–Kier alpha value is -3.79. The normalized spacial score (nSPS) is 18.9. The number of aromatic hydroxyl groups is 1. The zero-order chi connectivity index (χ0) is 28.2. The minimum atomic E-state index is -0.957. The highest BCUT2D eigenvalue weighted by Gasteiger charge is 2.35. The molecule has 0 bridgehead atoms. The summed E-state index contributed by atoms with van der Waals surface area (Å²) in [4.78, 5) is 45.0. The van der Waals surface area contributed by atoms with E-state index in [9.17, 15) is 19.5 Å². The van der Waals surface area contributed by atoms with Crippen LogP contribution in [-0.2, 0) is 22.4 Å². The van der Waals surface area contributed by atoms with E-state index in [4.69, 9.17) is 4.74 Å². The number of piperazine rings is 1. The SMILES string of the molecule is Cc1cc(C[C@H](OC(=O)N2CCC(N3CCc4ccccc4NC3=O)CC2)C(=O)N2CCNCC2)cc(C)c1O. The minimum Gasteiger partial charge on any atom is -0.507 e. The highest BCUT2D eigenvalue weighted by molar-refractivity contribution is 5.91. The highest BCUT2D eigenvalue weighted by Crippen LogP contribution is 2.26. The molecule has 10 heteroatoms. The molecular formula is C30H39N5O5. The lowest BCUT2D eigenvalue weighted by Gasteiger charge is -2.38. The van der Waals surface area contributed by atoms with Gasteiger partial charge in [-0.3, -0.25) is 4.79 Å². The number of hydrogen-bond donors (Lipinski definition) is 3. The molecule has 214 valence electrons. The number of benzene rings is 2. The van der Waals surface area contributed by atoms with Gasteiger partial charge >= 0.3 is 12.1 Å². The highest BCUT2D eigenvalue weighted by atomic mass is 16.6. The van der Waals surface area contributed by atoms with Crippen LogP contribution in [0.15, 0.2) is 36.4 Å². The molecule has 0 aliphatic carbocycles. The van der Waals surface area contributed by atoms with E-state index in [1.807, 2.05) is 55.1 Å². The molecule has 2 aromatic carbocycles. The van der Waals surface area contributed by atoms with Gasteiger partial charge in [-0.15, -0.1) is 0 Å². The fourth-order valence-electron chi connectivity index (χ4n) is 5.94. The number of nitrogens with one attached hydrogen (secondary N) is 2. The number of likely N-dealkylation sites (tertiary alicyclic amines) is 1. The van der Waals surface area contributed by atoms with Gasteiger partial charge in [0.15, 0.2) is 6.10 Å². The average molecular weight is 550 g/mol. The summed E-state index contributed by atoms with van der Waals surface area (Å²) in [5.74, 6) is 0.0319. The number of amides is 4. The van der Waals surface area contributed by atoms with Gasteiger partial charge in [0.2, 0.25) is 0 Å². The Morgan fingerprint density at radius 2 is 1.68 bits per heavy atom. The van der Waals surface area contributed by atoms with Crippen LogP contribution in [0, 0.1) is 13.8 Å². The molecule has 0 spiro atoms. The Morgan fingerprint density at radius 1 is 1.00 bits per heavy atom. The maximum atomic E-state index is 13.5. The first-order valence-corrected chi connectivity index (χ1v) is 14.2. The van der Waals surface area contributed by atoms with Crippen LogP contribution in [0.3, 0.4) is 0 Å². The lowest BCUT2D eigenvalue weighted by atomic mass is 10.0. The van der Waals surface area contributed by atoms with Gasteiger partial charge < -0.3 is 35.2 Å². The standard InChI is InChI=1S/C30H39N5O5/c1-20-17-22(18-21(2)27(20)36)19-26(28(37)33-15-10-31-11-16-33)40-30(39)34-12-8-24(9-13-34)35-14-7-23-5-3-4-6-25(23)32-29(35)38/h3-6,17-18,24,26,31,36H,7-16,19H2,1-2H3,(H,32,38)/t26-/m0/s1. The molecule has 3 aliphatic heterocycles. The second kappa shape index (κ2) is 12.2.